The predicted octanol–water partition coefficient (Wildman–Crippen LogP) is 2.51. The third-order valence-electron chi connectivity index (χ3n) is 3.06. The molecule has 0 atom stereocenters. The second-order valence-electron chi connectivity index (χ2n) is 4.47. The Labute approximate surface area is 123 Å². The standard InChI is InChI=1S/C16H18N2O3/c1-21-15-8-4-7-14(9-15)18-16(20)17-10-12-5-2-3-6-13(12)11-19/h2-9,19H,10-11H2,1H3,(H2,17,18,20). The maximum atomic E-state index is 11.9. The van der Waals surface area contributed by atoms with E-state index in [0.717, 1.165) is 11.1 Å². The predicted molar refractivity (Wildman–Crippen MR) is 81.2 cm³/mol. The molecule has 2 amide bonds. The van der Waals surface area contributed by atoms with Crippen molar-refractivity contribution < 1.29 is 14.6 Å². The lowest BCUT2D eigenvalue weighted by Gasteiger charge is -2.10. The van der Waals surface area contributed by atoms with Crippen LogP contribution >= 0.6 is 0 Å². The monoisotopic (exact) mass is 286 g/mol. The quantitative estimate of drug-likeness (QED) is 0.791. The number of hydrogen-bond donors (Lipinski definition) is 3. The zero-order chi connectivity index (χ0) is 15.1. The van der Waals surface area contributed by atoms with Gasteiger partial charge in [0.15, 0.2) is 0 Å². The average molecular weight is 286 g/mol. The Balaban J connectivity index is 1.92. The zero-order valence-electron chi connectivity index (χ0n) is 11.8. The Morgan fingerprint density at radius 2 is 1.90 bits per heavy atom. The molecule has 2 aromatic carbocycles. The van der Waals surface area contributed by atoms with Crippen molar-refractivity contribution in [2.75, 3.05) is 12.4 Å². The molecule has 0 saturated heterocycles. The highest BCUT2D eigenvalue weighted by molar-refractivity contribution is 5.89. The summed E-state index contributed by atoms with van der Waals surface area (Å²) in [5.41, 5.74) is 2.35. The molecule has 0 fully saturated rings. The lowest BCUT2D eigenvalue weighted by molar-refractivity contribution is 0.251. The number of hydrogen-bond acceptors (Lipinski definition) is 3. The molecule has 0 aromatic heterocycles. The Hall–Kier alpha value is -2.53. The van der Waals surface area contributed by atoms with Crippen molar-refractivity contribution in [1.29, 1.82) is 0 Å². The van der Waals surface area contributed by atoms with Gasteiger partial charge in [0.25, 0.3) is 0 Å². The van der Waals surface area contributed by atoms with Gasteiger partial charge in [0, 0.05) is 18.3 Å². The maximum absolute atomic E-state index is 11.9. The van der Waals surface area contributed by atoms with Gasteiger partial charge in [-0.25, -0.2) is 4.79 Å². The molecule has 5 heteroatoms. The highest BCUT2D eigenvalue weighted by Crippen LogP contribution is 2.16. The molecule has 0 spiro atoms. The van der Waals surface area contributed by atoms with Crippen molar-refractivity contribution in [3.8, 4) is 5.75 Å². The number of ether oxygens (including phenoxy) is 1. The topological polar surface area (TPSA) is 70.6 Å². The summed E-state index contributed by atoms with van der Waals surface area (Å²) in [6, 6.07) is 14.2. The molecule has 0 saturated carbocycles. The van der Waals surface area contributed by atoms with E-state index in [-0.39, 0.29) is 12.6 Å². The van der Waals surface area contributed by atoms with Gasteiger partial charge in [-0.3, -0.25) is 0 Å². The van der Waals surface area contributed by atoms with Gasteiger partial charge in [-0.1, -0.05) is 30.3 Å². The van der Waals surface area contributed by atoms with Crippen LogP contribution in [0.2, 0.25) is 0 Å². The molecule has 0 radical (unpaired) electrons. The summed E-state index contributed by atoms with van der Waals surface area (Å²) < 4.78 is 5.10. The first-order valence-electron chi connectivity index (χ1n) is 6.59. The Kier molecular flexibility index (Phi) is 5.17. The number of rotatable bonds is 5. The highest BCUT2D eigenvalue weighted by Gasteiger charge is 2.05. The van der Waals surface area contributed by atoms with E-state index in [4.69, 9.17) is 4.74 Å². The van der Waals surface area contributed by atoms with Gasteiger partial charge in [-0.2, -0.15) is 0 Å². The van der Waals surface area contributed by atoms with Crippen LogP contribution < -0.4 is 15.4 Å². The van der Waals surface area contributed by atoms with E-state index in [9.17, 15) is 9.90 Å². The summed E-state index contributed by atoms with van der Waals surface area (Å²) in [5.74, 6) is 0.679. The average Bonchev–Trinajstić information content (AvgIpc) is 2.53. The van der Waals surface area contributed by atoms with E-state index in [1.807, 2.05) is 24.3 Å². The van der Waals surface area contributed by atoms with Gasteiger partial charge in [-0.15, -0.1) is 0 Å². The molecular formula is C16H18N2O3. The van der Waals surface area contributed by atoms with Crippen LogP contribution in [0.5, 0.6) is 5.75 Å². The first-order valence-corrected chi connectivity index (χ1v) is 6.59. The Bertz CT molecular complexity index is 614. The Morgan fingerprint density at radius 3 is 2.62 bits per heavy atom. The number of anilines is 1. The summed E-state index contributed by atoms with van der Waals surface area (Å²) in [5, 5.41) is 14.7. The van der Waals surface area contributed by atoms with Gasteiger partial charge >= 0.3 is 6.03 Å². The summed E-state index contributed by atoms with van der Waals surface area (Å²) >= 11 is 0. The van der Waals surface area contributed by atoms with Crippen LogP contribution in [0.15, 0.2) is 48.5 Å². The van der Waals surface area contributed by atoms with Gasteiger partial charge < -0.3 is 20.5 Å². The molecule has 0 aliphatic rings. The number of urea groups is 1. The molecule has 2 aromatic rings. The lowest BCUT2D eigenvalue weighted by atomic mass is 10.1. The van der Waals surface area contributed by atoms with Crippen molar-refractivity contribution in [3.05, 3.63) is 59.7 Å². The van der Waals surface area contributed by atoms with Gasteiger partial charge in [0.2, 0.25) is 0 Å². The fourth-order valence-corrected chi connectivity index (χ4v) is 1.94. The minimum atomic E-state index is -0.309. The Morgan fingerprint density at radius 1 is 1.14 bits per heavy atom. The van der Waals surface area contributed by atoms with Crippen LogP contribution in [-0.4, -0.2) is 18.2 Å². The van der Waals surface area contributed by atoms with E-state index in [0.29, 0.717) is 18.0 Å². The minimum Gasteiger partial charge on any atom is -0.497 e. The van der Waals surface area contributed by atoms with Crippen molar-refractivity contribution in [1.82, 2.24) is 5.32 Å². The number of nitrogens with one attached hydrogen (secondary N) is 2. The number of amides is 2. The fourth-order valence-electron chi connectivity index (χ4n) is 1.94. The summed E-state index contributed by atoms with van der Waals surface area (Å²) in [6.07, 6.45) is 0. The molecule has 0 unspecified atom stereocenters. The smallest absolute Gasteiger partial charge is 0.319 e. The van der Waals surface area contributed by atoms with Crippen LogP contribution in [0.1, 0.15) is 11.1 Å². The molecule has 0 heterocycles. The number of carbonyl (C=O) groups is 1. The fraction of sp³-hybridized carbons (Fsp3) is 0.188. The second kappa shape index (κ2) is 7.31. The van der Waals surface area contributed by atoms with Gasteiger partial charge in [0.05, 0.1) is 13.7 Å². The summed E-state index contributed by atoms with van der Waals surface area (Å²) in [6.45, 7) is 0.307. The van der Waals surface area contributed by atoms with E-state index < -0.39 is 0 Å². The number of benzene rings is 2. The normalized spacial score (nSPS) is 10.0. The largest absolute Gasteiger partial charge is 0.497 e. The van der Waals surface area contributed by atoms with Gasteiger partial charge in [-0.05, 0) is 23.3 Å². The maximum Gasteiger partial charge on any atom is 0.319 e. The molecule has 21 heavy (non-hydrogen) atoms. The van der Waals surface area contributed by atoms with Crippen LogP contribution in [-0.2, 0) is 13.2 Å². The molecule has 3 N–H and O–H groups in total. The SMILES string of the molecule is COc1cccc(NC(=O)NCc2ccccc2CO)c1. The molecule has 110 valence electrons. The molecule has 5 nitrogen and oxygen atoms in total. The molecular weight excluding hydrogens is 268 g/mol. The van der Waals surface area contributed by atoms with E-state index >= 15 is 0 Å². The van der Waals surface area contributed by atoms with Crippen molar-refractivity contribution in [3.63, 3.8) is 0 Å². The highest BCUT2D eigenvalue weighted by atomic mass is 16.5. The third kappa shape index (κ3) is 4.22. The molecule has 0 bridgehead atoms. The molecule has 0 aliphatic carbocycles. The third-order valence-corrected chi connectivity index (χ3v) is 3.06. The number of aliphatic hydroxyl groups is 1. The molecule has 0 aliphatic heterocycles. The minimum absolute atomic E-state index is 0.0463. The van der Waals surface area contributed by atoms with Crippen LogP contribution in [0.4, 0.5) is 10.5 Å². The van der Waals surface area contributed by atoms with E-state index in [1.165, 1.54) is 0 Å². The van der Waals surface area contributed by atoms with Crippen molar-refractivity contribution in [2.45, 2.75) is 13.2 Å². The summed E-state index contributed by atoms with van der Waals surface area (Å²) in [4.78, 5) is 11.9. The summed E-state index contributed by atoms with van der Waals surface area (Å²) in [7, 11) is 1.57. The van der Waals surface area contributed by atoms with E-state index in [2.05, 4.69) is 10.6 Å². The van der Waals surface area contributed by atoms with Crippen LogP contribution in [0, 0.1) is 0 Å². The first-order chi connectivity index (χ1) is 10.2. The number of methoxy groups -OCH3 is 1. The van der Waals surface area contributed by atoms with E-state index in [1.54, 1.807) is 31.4 Å². The van der Waals surface area contributed by atoms with Gasteiger partial charge in [0.1, 0.15) is 5.75 Å². The van der Waals surface area contributed by atoms with Crippen LogP contribution in [0.3, 0.4) is 0 Å². The first kappa shape index (κ1) is 14.9. The second-order valence-corrected chi connectivity index (χ2v) is 4.47. The van der Waals surface area contributed by atoms with Crippen molar-refractivity contribution in [2.24, 2.45) is 0 Å². The lowest BCUT2D eigenvalue weighted by Crippen LogP contribution is -2.28. The van der Waals surface area contributed by atoms with Crippen LogP contribution in [0.25, 0.3) is 0 Å². The zero-order valence-corrected chi connectivity index (χ0v) is 11.8. The number of aliphatic hydroxyl groups excluding tert-OH is 1. The number of carbonyl (C=O) groups excluding carboxylic acids is 1. The molecule has 2 rings (SSSR count). The van der Waals surface area contributed by atoms with Crippen molar-refractivity contribution >= 4 is 11.7 Å².